The molecular formula is C12H19NS. The lowest BCUT2D eigenvalue weighted by Crippen LogP contribution is -2.23. The predicted octanol–water partition coefficient (Wildman–Crippen LogP) is 3.07. The Kier molecular flexibility index (Phi) is 3.24. The molecule has 0 spiro atoms. The number of nitrogens with one attached hydrogen (secondary N) is 1. The minimum Gasteiger partial charge on any atom is -0.316 e. The summed E-state index contributed by atoms with van der Waals surface area (Å²) in [5.74, 6) is 0. The zero-order chi connectivity index (χ0) is 9.86. The molecule has 0 aliphatic heterocycles. The lowest BCUT2D eigenvalue weighted by molar-refractivity contribution is 0.433. The molecule has 78 valence electrons. The highest BCUT2D eigenvalue weighted by Gasteiger charge is 2.41. The Bertz CT molecular complexity index is 262. The van der Waals surface area contributed by atoms with Crippen molar-refractivity contribution in [3.8, 4) is 0 Å². The number of aryl methyl sites for hydroxylation is 1. The molecule has 1 aliphatic carbocycles. The fraction of sp³-hybridized carbons (Fsp3) is 0.667. The smallest absolute Gasteiger partial charge is 0.00454 e. The second kappa shape index (κ2) is 4.45. The Balaban J connectivity index is 1.75. The molecule has 0 atom stereocenters. The van der Waals surface area contributed by atoms with Gasteiger partial charge in [-0.2, -0.15) is 0 Å². The van der Waals surface area contributed by atoms with Crippen molar-refractivity contribution in [3.05, 3.63) is 22.4 Å². The Morgan fingerprint density at radius 1 is 1.50 bits per heavy atom. The van der Waals surface area contributed by atoms with E-state index in [1.165, 1.54) is 32.2 Å². The summed E-state index contributed by atoms with van der Waals surface area (Å²) < 4.78 is 0. The van der Waals surface area contributed by atoms with E-state index in [0.29, 0.717) is 5.41 Å². The summed E-state index contributed by atoms with van der Waals surface area (Å²) in [7, 11) is 0. The third-order valence-electron chi connectivity index (χ3n) is 3.19. The van der Waals surface area contributed by atoms with Crippen LogP contribution in [0.3, 0.4) is 0 Å². The van der Waals surface area contributed by atoms with E-state index in [0.717, 1.165) is 6.54 Å². The molecule has 1 aromatic rings. The van der Waals surface area contributed by atoms with Crippen molar-refractivity contribution in [1.29, 1.82) is 0 Å². The quantitative estimate of drug-likeness (QED) is 0.759. The largest absolute Gasteiger partial charge is 0.316 e. The third-order valence-corrected chi connectivity index (χ3v) is 4.13. The lowest BCUT2D eigenvalue weighted by Gasteiger charge is -2.14. The highest BCUT2D eigenvalue weighted by atomic mass is 32.1. The van der Waals surface area contributed by atoms with Crippen molar-refractivity contribution in [2.75, 3.05) is 13.1 Å². The number of rotatable bonds is 6. The van der Waals surface area contributed by atoms with E-state index in [1.807, 2.05) is 11.3 Å². The second-order valence-electron chi connectivity index (χ2n) is 4.36. The van der Waals surface area contributed by atoms with Gasteiger partial charge < -0.3 is 5.32 Å². The first-order valence-corrected chi connectivity index (χ1v) is 6.46. The molecule has 1 N–H and O–H groups in total. The molecule has 0 bridgehead atoms. The van der Waals surface area contributed by atoms with Crippen LogP contribution >= 0.6 is 11.3 Å². The summed E-state index contributed by atoms with van der Waals surface area (Å²) in [5, 5.41) is 5.66. The molecule has 2 heteroatoms. The van der Waals surface area contributed by atoms with Crippen LogP contribution in [-0.4, -0.2) is 13.1 Å². The molecule has 1 saturated carbocycles. The van der Waals surface area contributed by atoms with Crippen molar-refractivity contribution < 1.29 is 0 Å². The highest BCUT2D eigenvalue weighted by molar-refractivity contribution is 7.09. The van der Waals surface area contributed by atoms with Crippen LogP contribution in [0.2, 0.25) is 0 Å². The van der Waals surface area contributed by atoms with Crippen molar-refractivity contribution in [2.24, 2.45) is 5.41 Å². The molecule has 1 nitrogen and oxygen atoms in total. The van der Waals surface area contributed by atoms with E-state index in [9.17, 15) is 0 Å². The number of thiophene rings is 1. The molecule has 1 aromatic heterocycles. The summed E-state index contributed by atoms with van der Waals surface area (Å²) in [6.45, 7) is 4.53. The predicted molar refractivity (Wildman–Crippen MR) is 62.9 cm³/mol. The van der Waals surface area contributed by atoms with E-state index in [2.05, 4.69) is 29.8 Å². The SMILES string of the molecule is CCNCC1(CCc2cccs2)CC1. The zero-order valence-corrected chi connectivity index (χ0v) is 9.70. The second-order valence-corrected chi connectivity index (χ2v) is 5.39. The molecule has 1 heterocycles. The van der Waals surface area contributed by atoms with Crippen molar-refractivity contribution >= 4 is 11.3 Å². The lowest BCUT2D eigenvalue weighted by atomic mass is 10.00. The maximum Gasteiger partial charge on any atom is 0.00454 e. The normalized spacial score (nSPS) is 18.4. The van der Waals surface area contributed by atoms with E-state index in [4.69, 9.17) is 0 Å². The molecule has 1 fully saturated rings. The van der Waals surface area contributed by atoms with Gasteiger partial charge in [-0.05, 0) is 49.1 Å². The summed E-state index contributed by atoms with van der Waals surface area (Å²) in [6.07, 6.45) is 5.53. The fourth-order valence-corrected chi connectivity index (χ4v) is 2.63. The molecule has 0 aromatic carbocycles. The van der Waals surface area contributed by atoms with Gasteiger partial charge in [-0.15, -0.1) is 11.3 Å². The van der Waals surface area contributed by atoms with Crippen molar-refractivity contribution in [3.63, 3.8) is 0 Å². The van der Waals surface area contributed by atoms with Gasteiger partial charge in [-0.1, -0.05) is 13.0 Å². The monoisotopic (exact) mass is 209 g/mol. The van der Waals surface area contributed by atoms with Crippen LogP contribution < -0.4 is 5.32 Å². The molecule has 0 saturated heterocycles. The van der Waals surface area contributed by atoms with Gasteiger partial charge in [-0.25, -0.2) is 0 Å². The maximum atomic E-state index is 3.48. The molecule has 0 amide bonds. The van der Waals surface area contributed by atoms with Crippen LogP contribution in [0, 0.1) is 5.41 Å². The first-order valence-electron chi connectivity index (χ1n) is 5.58. The van der Waals surface area contributed by atoms with Crippen LogP contribution in [-0.2, 0) is 6.42 Å². The molecule has 0 unspecified atom stereocenters. The van der Waals surface area contributed by atoms with E-state index in [-0.39, 0.29) is 0 Å². The van der Waals surface area contributed by atoms with Crippen LogP contribution in [0.25, 0.3) is 0 Å². The minimum atomic E-state index is 0.667. The summed E-state index contributed by atoms with van der Waals surface area (Å²) in [6, 6.07) is 4.41. The van der Waals surface area contributed by atoms with Gasteiger partial charge in [0.05, 0.1) is 0 Å². The van der Waals surface area contributed by atoms with Gasteiger partial charge in [0.1, 0.15) is 0 Å². The topological polar surface area (TPSA) is 12.0 Å². The first-order chi connectivity index (χ1) is 6.85. The highest BCUT2D eigenvalue weighted by Crippen LogP contribution is 2.49. The van der Waals surface area contributed by atoms with Gasteiger partial charge in [0, 0.05) is 11.4 Å². The number of hydrogen-bond acceptors (Lipinski definition) is 2. The van der Waals surface area contributed by atoms with Crippen molar-refractivity contribution in [1.82, 2.24) is 5.32 Å². The van der Waals surface area contributed by atoms with Crippen LogP contribution in [0.15, 0.2) is 17.5 Å². The molecule has 14 heavy (non-hydrogen) atoms. The maximum absolute atomic E-state index is 3.48. The Hall–Kier alpha value is -0.340. The molecule has 1 aliphatic rings. The van der Waals surface area contributed by atoms with Crippen molar-refractivity contribution in [2.45, 2.75) is 32.6 Å². The summed E-state index contributed by atoms with van der Waals surface area (Å²) >= 11 is 1.89. The molecule has 2 rings (SSSR count). The van der Waals surface area contributed by atoms with E-state index < -0.39 is 0 Å². The number of hydrogen-bond donors (Lipinski definition) is 1. The van der Waals surface area contributed by atoms with E-state index >= 15 is 0 Å². The van der Waals surface area contributed by atoms with E-state index in [1.54, 1.807) is 4.88 Å². The van der Waals surface area contributed by atoms with Crippen LogP contribution in [0.5, 0.6) is 0 Å². The first kappa shape index (κ1) is 10.2. The molecule has 0 radical (unpaired) electrons. The third kappa shape index (κ3) is 2.58. The van der Waals surface area contributed by atoms with Gasteiger partial charge in [0.15, 0.2) is 0 Å². The standard InChI is InChI=1S/C12H19NS/c1-2-13-10-12(7-8-12)6-5-11-4-3-9-14-11/h3-4,9,13H,2,5-8,10H2,1H3. The van der Waals surface area contributed by atoms with Gasteiger partial charge in [0.2, 0.25) is 0 Å². The molecular weight excluding hydrogens is 190 g/mol. The van der Waals surface area contributed by atoms with Crippen LogP contribution in [0.4, 0.5) is 0 Å². The Labute approximate surface area is 90.5 Å². The van der Waals surface area contributed by atoms with Gasteiger partial charge in [-0.3, -0.25) is 0 Å². The van der Waals surface area contributed by atoms with Gasteiger partial charge >= 0.3 is 0 Å². The summed E-state index contributed by atoms with van der Waals surface area (Å²) in [5.41, 5.74) is 0.667. The Morgan fingerprint density at radius 2 is 2.36 bits per heavy atom. The average Bonchev–Trinajstić information content (AvgIpc) is 2.77. The van der Waals surface area contributed by atoms with Gasteiger partial charge in [0.25, 0.3) is 0 Å². The van der Waals surface area contributed by atoms with Crippen LogP contribution in [0.1, 0.15) is 31.1 Å². The fourth-order valence-electron chi connectivity index (χ4n) is 1.93. The zero-order valence-electron chi connectivity index (χ0n) is 8.88. The Morgan fingerprint density at radius 3 is 2.93 bits per heavy atom. The average molecular weight is 209 g/mol. The summed E-state index contributed by atoms with van der Waals surface area (Å²) in [4.78, 5) is 1.55. The minimum absolute atomic E-state index is 0.667.